The number of benzene rings is 2. The number of nitrogens with two attached hydrogens (primary N) is 1. The molecule has 0 bridgehead atoms. The zero-order valence-electron chi connectivity index (χ0n) is 24.3. The van der Waals surface area contributed by atoms with E-state index in [0.29, 0.717) is 18.7 Å². The predicted molar refractivity (Wildman–Crippen MR) is 150 cm³/mol. The number of likely N-dealkylation sites (tertiary alicyclic amines) is 1. The highest BCUT2D eigenvalue weighted by Gasteiger charge is 2.40. The molecule has 1 fully saturated rings. The highest BCUT2D eigenvalue weighted by atomic mass is 19.2. The molecule has 44 heavy (non-hydrogen) atoms. The highest BCUT2D eigenvalue weighted by molar-refractivity contribution is 6.38. The maximum Gasteiger partial charge on any atom is 0.290 e. The van der Waals surface area contributed by atoms with Crippen molar-refractivity contribution in [3.05, 3.63) is 76.5 Å². The van der Waals surface area contributed by atoms with Gasteiger partial charge < -0.3 is 20.5 Å². The third kappa shape index (κ3) is 6.11. The lowest BCUT2D eigenvalue weighted by atomic mass is 9.85. The molecule has 0 saturated carbocycles. The number of ketones is 1. The van der Waals surface area contributed by atoms with E-state index in [9.17, 15) is 32.3 Å². The molecule has 2 aromatic carbocycles. The number of carbonyl (C=O) groups is 2. The number of aliphatic imine (C=N–C) groups is 1. The minimum Gasteiger partial charge on any atom is -0.451 e. The lowest BCUT2D eigenvalue weighted by Crippen LogP contribution is -2.43. The highest BCUT2D eigenvalue weighted by Crippen LogP contribution is 2.36. The fourth-order valence-electron chi connectivity index (χ4n) is 4.99. The van der Waals surface area contributed by atoms with Crippen molar-refractivity contribution in [2.24, 2.45) is 16.3 Å². The van der Waals surface area contributed by atoms with Gasteiger partial charge in [0.25, 0.3) is 5.91 Å². The number of rotatable bonds is 9. The molecule has 0 radical (unpaired) electrons. The normalized spacial score (nSPS) is 16.3. The number of ether oxygens (including phenoxy) is 1. The van der Waals surface area contributed by atoms with Crippen molar-refractivity contribution in [3.8, 4) is 11.5 Å². The minimum absolute atomic E-state index is 0.0210. The van der Waals surface area contributed by atoms with Gasteiger partial charge in [-0.25, -0.2) is 23.1 Å². The second kappa shape index (κ2) is 12.6. The molecule has 1 aliphatic rings. The monoisotopic (exact) mass is 619 g/mol. The molecular weight excluding hydrogens is 589 g/mol. The molecule has 3 aromatic rings. The molecule has 4 rings (SSSR count). The zero-order chi connectivity index (χ0) is 32.5. The Morgan fingerprint density at radius 2 is 1.77 bits per heavy atom. The minimum atomic E-state index is -1.79. The lowest BCUT2D eigenvalue weighted by molar-refractivity contribution is -0.149. The number of nitrogens with zero attached hydrogens (tertiary/aromatic N) is 4. The van der Waals surface area contributed by atoms with E-state index in [1.165, 1.54) is 38.2 Å². The van der Waals surface area contributed by atoms with Crippen LogP contribution in [0.1, 0.15) is 49.9 Å². The van der Waals surface area contributed by atoms with Gasteiger partial charge in [0.1, 0.15) is 23.7 Å². The van der Waals surface area contributed by atoms with Crippen molar-refractivity contribution in [2.45, 2.75) is 33.1 Å². The first-order valence-electron chi connectivity index (χ1n) is 13.5. The van der Waals surface area contributed by atoms with E-state index in [-0.39, 0.29) is 47.1 Å². The third-order valence-corrected chi connectivity index (χ3v) is 7.71. The van der Waals surface area contributed by atoms with Crippen LogP contribution >= 0.6 is 0 Å². The Labute approximate surface area is 249 Å². The van der Waals surface area contributed by atoms with Gasteiger partial charge in [0, 0.05) is 43.8 Å². The average molecular weight is 620 g/mol. The second-order valence-electron chi connectivity index (χ2n) is 11.1. The number of amides is 1. The summed E-state index contributed by atoms with van der Waals surface area (Å²) in [6.07, 6.45) is 1.76. The molecular formula is C30H30F5N5O4. The van der Waals surface area contributed by atoms with Crippen molar-refractivity contribution in [2.75, 3.05) is 32.5 Å². The Bertz CT molecular complexity index is 1620. The molecule has 1 saturated heterocycles. The molecule has 2 unspecified atom stereocenters. The van der Waals surface area contributed by atoms with Gasteiger partial charge in [-0.1, -0.05) is 20.8 Å². The van der Waals surface area contributed by atoms with E-state index in [2.05, 4.69) is 15.0 Å². The third-order valence-electron chi connectivity index (χ3n) is 7.71. The average Bonchev–Trinajstić information content (AvgIpc) is 3.49. The fraction of sp³-hybridized carbons (Fsp3) is 0.367. The lowest BCUT2D eigenvalue weighted by Gasteiger charge is -2.25. The van der Waals surface area contributed by atoms with Crippen LogP contribution < -0.4 is 10.5 Å². The number of aliphatic hydroxyl groups is 1. The van der Waals surface area contributed by atoms with Crippen molar-refractivity contribution in [3.63, 3.8) is 0 Å². The van der Waals surface area contributed by atoms with Gasteiger partial charge >= 0.3 is 0 Å². The van der Waals surface area contributed by atoms with Gasteiger partial charge in [0.05, 0.1) is 29.0 Å². The summed E-state index contributed by atoms with van der Waals surface area (Å²) in [7, 11) is 1.38. The molecule has 0 spiro atoms. The quantitative estimate of drug-likeness (QED) is 0.156. The Morgan fingerprint density at radius 1 is 1.11 bits per heavy atom. The molecule has 3 N–H and O–H groups in total. The van der Waals surface area contributed by atoms with E-state index in [4.69, 9.17) is 10.5 Å². The SMILES string of the molecule is CN=C(c1ccc(Oc2c(F)c(F)cc(F)c2F)cc1F)c1c(N)ncnc1C(C)C1CCN(C(=O)C(=O)C(C)(C)CO)C1. The Morgan fingerprint density at radius 3 is 2.36 bits per heavy atom. The number of carbonyl (C=O) groups excluding carboxylic acids is 2. The number of nitrogen functional groups attached to an aromatic ring is 1. The number of hydrogen-bond acceptors (Lipinski definition) is 8. The molecule has 0 aliphatic carbocycles. The van der Waals surface area contributed by atoms with E-state index in [1.807, 2.05) is 6.92 Å². The standard InChI is InChI=1S/C30H30F5N5O4/c1-14(15-7-8-40(11-15)29(43)27(42)30(2,3)12-41)24-21(28(36)39-13-38-24)25(37-4)17-6-5-16(9-18(17)31)44-26-22(34)19(32)10-20(33)23(26)35/h5-6,9-10,13-15,41H,7-8,11-12H2,1-4H3,(H2,36,38,39). The van der Waals surface area contributed by atoms with Crippen molar-refractivity contribution in [1.82, 2.24) is 14.9 Å². The van der Waals surface area contributed by atoms with Crippen LogP contribution in [0.3, 0.4) is 0 Å². The number of Topliss-reactive ketones (excluding diaryl/α,β-unsaturated/α-hetero) is 1. The number of aromatic nitrogens is 2. The van der Waals surface area contributed by atoms with Crippen molar-refractivity contribution in [1.29, 1.82) is 0 Å². The summed E-state index contributed by atoms with van der Waals surface area (Å²) < 4.78 is 75.8. The summed E-state index contributed by atoms with van der Waals surface area (Å²) in [5, 5.41) is 9.49. The van der Waals surface area contributed by atoms with Crippen LogP contribution in [-0.4, -0.2) is 64.1 Å². The summed E-state index contributed by atoms with van der Waals surface area (Å²) in [4.78, 5) is 39.5. The first-order valence-corrected chi connectivity index (χ1v) is 13.5. The summed E-state index contributed by atoms with van der Waals surface area (Å²) in [6.45, 7) is 4.86. The fourth-order valence-corrected chi connectivity index (χ4v) is 4.99. The van der Waals surface area contributed by atoms with Crippen LogP contribution in [0.15, 0.2) is 35.6 Å². The van der Waals surface area contributed by atoms with Gasteiger partial charge in [-0.05, 0) is 24.5 Å². The molecule has 2 atom stereocenters. The molecule has 14 heteroatoms. The predicted octanol–water partition coefficient (Wildman–Crippen LogP) is 4.55. The first kappa shape index (κ1) is 32.5. The van der Waals surface area contributed by atoms with Crippen molar-refractivity contribution < 1.29 is 41.4 Å². The van der Waals surface area contributed by atoms with Crippen LogP contribution in [-0.2, 0) is 9.59 Å². The number of halogens is 5. The van der Waals surface area contributed by atoms with Crippen LogP contribution in [0.5, 0.6) is 11.5 Å². The van der Waals surface area contributed by atoms with Gasteiger partial charge in [-0.15, -0.1) is 0 Å². The Hall–Kier alpha value is -4.46. The Kier molecular flexibility index (Phi) is 9.33. The van der Waals surface area contributed by atoms with Crippen LogP contribution in [0, 0.1) is 40.4 Å². The van der Waals surface area contributed by atoms with Gasteiger partial charge in [0.15, 0.2) is 11.6 Å². The van der Waals surface area contributed by atoms with E-state index < -0.39 is 64.3 Å². The van der Waals surface area contributed by atoms with Gasteiger partial charge in [-0.3, -0.25) is 14.6 Å². The second-order valence-corrected chi connectivity index (χ2v) is 11.1. The summed E-state index contributed by atoms with van der Waals surface area (Å²) >= 11 is 0. The Balaban J connectivity index is 1.63. The largest absolute Gasteiger partial charge is 0.451 e. The zero-order valence-corrected chi connectivity index (χ0v) is 24.3. The molecule has 234 valence electrons. The molecule has 9 nitrogen and oxygen atoms in total. The molecule has 1 aromatic heterocycles. The maximum absolute atomic E-state index is 15.5. The summed E-state index contributed by atoms with van der Waals surface area (Å²) in [5.41, 5.74) is 5.54. The smallest absolute Gasteiger partial charge is 0.290 e. The summed E-state index contributed by atoms with van der Waals surface area (Å²) in [6, 6.07) is 3.09. The van der Waals surface area contributed by atoms with Crippen molar-refractivity contribution >= 4 is 23.2 Å². The molecule has 1 aliphatic heterocycles. The first-order chi connectivity index (χ1) is 20.7. The van der Waals surface area contributed by atoms with Crippen LogP contribution in [0.25, 0.3) is 0 Å². The topological polar surface area (TPSA) is 131 Å². The summed E-state index contributed by atoms with van der Waals surface area (Å²) in [5.74, 6) is -11.7. The van der Waals surface area contributed by atoms with E-state index in [0.717, 1.165) is 12.1 Å². The van der Waals surface area contributed by atoms with E-state index >= 15 is 4.39 Å². The van der Waals surface area contributed by atoms with Crippen LogP contribution in [0.2, 0.25) is 0 Å². The molecule has 2 heterocycles. The van der Waals surface area contributed by atoms with Crippen LogP contribution in [0.4, 0.5) is 27.8 Å². The maximum atomic E-state index is 15.5. The number of aliphatic hydroxyl groups excluding tert-OH is 1. The van der Waals surface area contributed by atoms with Gasteiger partial charge in [-0.2, -0.15) is 8.78 Å². The number of anilines is 1. The molecule has 1 amide bonds. The number of hydrogen-bond donors (Lipinski definition) is 2. The van der Waals surface area contributed by atoms with Gasteiger partial charge in [0.2, 0.25) is 23.2 Å². The van der Waals surface area contributed by atoms with E-state index in [1.54, 1.807) is 0 Å².